The van der Waals surface area contributed by atoms with Crippen LogP contribution in [0.15, 0.2) is 129 Å². The van der Waals surface area contributed by atoms with Crippen molar-refractivity contribution in [2.24, 2.45) is 35.5 Å². The van der Waals surface area contributed by atoms with E-state index in [0.717, 1.165) is 125 Å². The number of hydrogen-bond acceptors (Lipinski definition) is 18. The molecular weight excluding hydrogens is 1440 g/mol. The zero-order valence-corrected chi connectivity index (χ0v) is 56.5. The van der Waals surface area contributed by atoms with Gasteiger partial charge >= 0.3 is 31.2 Å². The fourth-order valence-electron chi connectivity index (χ4n) is 13.3. The number of fused-ring (bicyclic) bond motifs is 12. The van der Waals surface area contributed by atoms with Crippen LogP contribution in [0.3, 0.4) is 0 Å². The van der Waals surface area contributed by atoms with Crippen LogP contribution in [-0.4, -0.2) is 176 Å². The number of halogens is 2. The van der Waals surface area contributed by atoms with Gasteiger partial charge < -0.3 is 29.5 Å². The molecule has 15 atom stereocenters. The Hall–Kier alpha value is -4.66. The molecule has 3 unspecified atom stereocenters. The minimum atomic E-state index is -4.67. The summed E-state index contributed by atoms with van der Waals surface area (Å²) < 4.78 is 111. The summed E-state index contributed by atoms with van der Waals surface area (Å²) >= 11 is 0. The Labute approximate surface area is 553 Å². The van der Waals surface area contributed by atoms with E-state index in [1.54, 1.807) is 39.9 Å². The number of aliphatic hydroxyl groups excluding tert-OH is 3. The maximum absolute atomic E-state index is 11.2. The first-order valence-electron chi connectivity index (χ1n) is 28.1. The van der Waals surface area contributed by atoms with Crippen molar-refractivity contribution in [3.8, 4) is 17.2 Å². The van der Waals surface area contributed by atoms with Crippen LogP contribution in [0.1, 0.15) is 73.5 Å². The molecule has 6 bridgehead atoms. The standard InChI is InChI=1S/3C20H24N2O2.2HI.3H2O4S/c3*1-3-13-12-22-9-7-14(13)10-19(22)20(23)16-6-8-21-18-5-4-15(24-2)11-17(16)18;;;3*1-5(2,3)4/h3*3-6,8,11,13-14,19-20,23H,1,7,9-10,12H2,2H3;2*1H;3*(H2,1,2,3,4)/t3*13-,14-,19-,20+;;;;;/m000...../s1. The number of benzene rings is 3. The summed E-state index contributed by atoms with van der Waals surface area (Å²) in [6.07, 6.45) is 16.9. The highest BCUT2D eigenvalue weighted by Gasteiger charge is 2.45. The summed E-state index contributed by atoms with van der Waals surface area (Å²) in [6, 6.07) is 23.9. The van der Waals surface area contributed by atoms with Crippen LogP contribution in [0.5, 0.6) is 17.2 Å². The lowest BCUT2D eigenvalue weighted by Gasteiger charge is -2.50. The van der Waals surface area contributed by atoms with Crippen LogP contribution in [0.2, 0.25) is 0 Å². The molecule has 0 radical (unpaired) electrons. The molecule has 6 aromatic rings. The van der Waals surface area contributed by atoms with Crippen LogP contribution >= 0.6 is 48.0 Å². The first-order valence-corrected chi connectivity index (χ1v) is 32.3. The maximum atomic E-state index is 11.2. The maximum Gasteiger partial charge on any atom is 0.394 e. The van der Waals surface area contributed by atoms with Crippen LogP contribution in [0.25, 0.3) is 32.7 Å². The zero-order chi connectivity index (χ0) is 63.5. The quantitative estimate of drug-likeness (QED) is 0.0314. The van der Waals surface area contributed by atoms with Crippen molar-refractivity contribution in [1.82, 2.24) is 29.7 Å². The molecule has 9 aliphatic heterocycles. The van der Waals surface area contributed by atoms with Gasteiger partial charge in [0.1, 0.15) is 17.2 Å². The molecule has 9 N–H and O–H groups in total. The third-order valence-electron chi connectivity index (χ3n) is 17.5. The molecule has 0 amide bonds. The summed E-state index contributed by atoms with van der Waals surface area (Å²) in [5.74, 6) is 6.02. The monoisotopic (exact) mass is 1520 g/mol. The lowest BCUT2D eigenvalue weighted by Crippen LogP contribution is -2.54. The molecule has 12 heterocycles. The zero-order valence-electron chi connectivity index (χ0n) is 49.4. The lowest BCUT2D eigenvalue weighted by molar-refractivity contribution is -0.0445. The van der Waals surface area contributed by atoms with E-state index in [0.29, 0.717) is 35.5 Å². The van der Waals surface area contributed by atoms with Gasteiger partial charge in [-0.3, -0.25) is 57.0 Å². The lowest BCUT2D eigenvalue weighted by atomic mass is 9.73. The molecule has 3 aromatic heterocycles. The Morgan fingerprint density at radius 2 is 0.685 bits per heavy atom. The highest BCUT2D eigenvalue weighted by Crippen LogP contribution is 2.45. The minimum absolute atomic E-state index is 0. The summed E-state index contributed by atoms with van der Waals surface area (Å²) in [5, 5.41) is 36.4. The summed E-state index contributed by atoms with van der Waals surface area (Å²) in [5.41, 5.74) is 5.54. The van der Waals surface area contributed by atoms with Gasteiger partial charge in [-0.15, -0.1) is 67.7 Å². The predicted octanol–water partition coefficient (Wildman–Crippen LogP) is 8.80. The SMILES string of the molecule is C=C[C@H]1CN2CC[C@H]1C[C@H]2[C@H](O)c1ccnc2ccc(OC)cc12.C=C[C@H]1CN2CC[C@H]1C[C@H]2[C@H](O)c1ccnc2ccc(OC)cc12.C=C[C@H]1CN2CC[C@H]1C[C@H]2[C@H](O)c1ccnc2ccc(OC)cc12.I.I.O=S(=O)(O)O.O=S(=O)(O)O.O=S(=O)(O)O. The second-order valence-electron chi connectivity index (χ2n) is 22.3. The van der Waals surface area contributed by atoms with Crippen molar-refractivity contribution in [3.63, 3.8) is 0 Å². The topological polar surface area (TPSA) is 361 Å². The molecule has 3 aromatic carbocycles. The van der Waals surface area contributed by atoms with Crippen LogP contribution in [-0.2, 0) is 31.2 Å². The number of pyridine rings is 3. The average Bonchev–Trinajstić information content (AvgIpc) is 1.09. The van der Waals surface area contributed by atoms with Crippen LogP contribution in [0, 0.1) is 35.5 Å². The van der Waals surface area contributed by atoms with Crippen molar-refractivity contribution < 1.29 is 82.1 Å². The smallest absolute Gasteiger partial charge is 0.394 e. The van der Waals surface area contributed by atoms with Gasteiger partial charge in [0.15, 0.2) is 0 Å². The van der Waals surface area contributed by atoms with Crippen molar-refractivity contribution >= 4 is 112 Å². The molecule has 9 aliphatic rings. The Balaban J connectivity index is 0.000000215. The van der Waals surface area contributed by atoms with Crippen LogP contribution in [0.4, 0.5) is 0 Å². The largest absolute Gasteiger partial charge is 0.497 e. The van der Waals surface area contributed by atoms with Gasteiger partial charge in [0, 0.05) is 72.5 Å². The number of piperidine rings is 9. The molecule has 0 spiro atoms. The van der Waals surface area contributed by atoms with E-state index >= 15 is 0 Å². The van der Waals surface area contributed by atoms with Gasteiger partial charge in [-0.25, -0.2) is 0 Å². The van der Waals surface area contributed by atoms with E-state index < -0.39 is 49.5 Å². The summed E-state index contributed by atoms with van der Waals surface area (Å²) in [4.78, 5) is 20.6. The van der Waals surface area contributed by atoms with E-state index in [9.17, 15) is 15.3 Å². The van der Waals surface area contributed by atoms with E-state index in [4.69, 9.17) is 66.8 Å². The Bertz CT molecular complexity index is 3310. The molecule has 15 rings (SSSR count). The second kappa shape index (κ2) is 33.3. The van der Waals surface area contributed by atoms with Crippen LogP contribution < -0.4 is 14.2 Å². The van der Waals surface area contributed by atoms with Gasteiger partial charge in [-0.05, 0) is 183 Å². The third kappa shape index (κ3) is 20.7. The van der Waals surface area contributed by atoms with Gasteiger partial charge in [0.2, 0.25) is 0 Å². The number of hydrogen-bond donors (Lipinski definition) is 9. The first kappa shape index (κ1) is 75.1. The van der Waals surface area contributed by atoms with Gasteiger partial charge in [-0.1, -0.05) is 18.2 Å². The Morgan fingerprint density at radius 1 is 0.449 bits per heavy atom. The van der Waals surface area contributed by atoms with Gasteiger partial charge in [-0.2, -0.15) is 25.3 Å². The molecule has 29 heteroatoms. The Kier molecular flexibility index (Phi) is 28.1. The molecule has 24 nitrogen and oxygen atoms in total. The number of methoxy groups -OCH3 is 3. The summed E-state index contributed by atoms with van der Waals surface area (Å²) in [7, 11) is -9.02. The van der Waals surface area contributed by atoms with E-state index in [-0.39, 0.29) is 66.1 Å². The number of rotatable bonds is 12. The Morgan fingerprint density at radius 3 is 0.876 bits per heavy atom. The van der Waals surface area contributed by atoms with Crippen molar-refractivity contribution in [2.45, 2.75) is 75.0 Å². The number of aromatic nitrogens is 3. The van der Waals surface area contributed by atoms with E-state index in [1.165, 1.54) is 19.3 Å². The summed E-state index contributed by atoms with van der Waals surface area (Å²) in [6.45, 7) is 18.2. The molecule has 9 fully saturated rings. The number of nitrogens with zero attached hydrogens (tertiary/aromatic N) is 6. The predicted molar refractivity (Wildman–Crippen MR) is 358 cm³/mol. The number of ether oxygens (including phenoxy) is 3. The molecule has 9 saturated heterocycles. The van der Waals surface area contributed by atoms with Gasteiger partial charge in [0.25, 0.3) is 0 Å². The van der Waals surface area contributed by atoms with Gasteiger partial charge in [0.05, 0.1) is 56.2 Å². The highest BCUT2D eigenvalue weighted by molar-refractivity contribution is 14.0. The van der Waals surface area contributed by atoms with Crippen molar-refractivity contribution in [3.05, 3.63) is 146 Å². The third-order valence-corrected chi connectivity index (χ3v) is 17.5. The minimum Gasteiger partial charge on any atom is -0.497 e. The molecule has 0 saturated carbocycles. The second-order valence-corrected chi connectivity index (χ2v) is 25.0. The van der Waals surface area contributed by atoms with E-state index in [2.05, 4.69) is 67.6 Å². The average molecular weight is 1520 g/mol. The van der Waals surface area contributed by atoms with Crippen molar-refractivity contribution in [2.75, 3.05) is 60.6 Å². The molecule has 89 heavy (non-hydrogen) atoms. The number of aliphatic hydroxyl groups is 3. The fraction of sp³-hybridized carbons (Fsp3) is 0.450. The first-order chi connectivity index (χ1) is 41.1. The molecule has 490 valence electrons. The molecule has 0 aliphatic carbocycles. The highest BCUT2D eigenvalue weighted by atomic mass is 127. The molecular formula is C60H80I2N6O18S3. The van der Waals surface area contributed by atoms with Crippen molar-refractivity contribution in [1.29, 1.82) is 0 Å². The fourth-order valence-corrected chi connectivity index (χ4v) is 13.3. The van der Waals surface area contributed by atoms with E-state index in [1.807, 2.05) is 72.8 Å². The normalized spacial score (nSPS) is 26.4.